The van der Waals surface area contributed by atoms with Gasteiger partial charge in [0.2, 0.25) is 0 Å². The number of hydrogen-bond acceptors (Lipinski definition) is 2. The first-order valence-corrected chi connectivity index (χ1v) is 5.57. The van der Waals surface area contributed by atoms with E-state index in [-0.39, 0.29) is 0 Å². The van der Waals surface area contributed by atoms with Crippen molar-refractivity contribution in [2.75, 3.05) is 0 Å². The number of pyridine rings is 2. The molecule has 82 valence electrons. The molecular weight excluding hydrogens is 196 g/mol. The normalized spacial score (nSPS) is 10.4. The van der Waals surface area contributed by atoms with Gasteiger partial charge in [0.15, 0.2) is 0 Å². The van der Waals surface area contributed by atoms with Gasteiger partial charge in [0, 0.05) is 23.8 Å². The molecule has 2 aromatic rings. The lowest BCUT2D eigenvalue weighted by atomic mass is 10.1. The molecule has 0 N–H and O–H groups in total. The van der Waals surface area contributed by atoms with Crippen molar-refractivity contribution in [3.63, 3.8) is 0 Å². The van der Waals surface area contributed by atoms with Gasteiger partial charge in [-0.15, -0.1) is 0 Å². The van der Waals surface area contributed by atoms with Gasteiger partial charge in [0.05, 0.1) is 0 Å². The maximum absolute atomic E-state index is 4.20. The zero-order valence-electron chi connectivity index (χ0n) is 9.77. The molecule has 0 spiro atoms. The number of hydrogen-bond donors (Lipinski definition) is 0. The predicted octanol–water partition coefficient (Wildman–Crippen LogP) is 2.88. The van der Waals surface area contributed by atoms with Crippen molar-refractivity contribution < 1.29 is 0 Å². The summed E-state index contributed by atoms with van der Waals surface area (Å²) in [7, 11) is 0. The highest BCUT2D eigenvalue weighted by Gasteiger charge is 1.97. The fourth-order valence-electron chi connectivity index (χ4n) is 1.81. The van der Waals surface area contributed by atoms with Gasteiger partial charge in [-0.25, -0.2) is 0 Å². The van der Waals surface area contributed by atoms with Gasteiger partial charge in [-0.2, -0.15) is 0 Å². The van der Waals surface area contributed by atoms with Crippen molar-refractivity contribution in [3.8, 4) is 0 Å². The Bertz CT molecular complexity index is 432. The summed E-state index contributed by atoms with van der Waals surface area (Å²) >= 11 is 0. The number of aromatic nitrogens is 2. The van der Waals surface area contributed by atoms with E-state index in [1.165, 1.54) is 11.1 Å². The minimum absolute atomic E-state index is 1.06. The second-order valence-electron chi connectivity index (χ2n) is 4.11. The minimum Gasteiger partial charge on any atom is -0.262 e. The average Bonchev–Trinajstić information content (AvgIpc) is 2.27. The number of rotatable bonds is 3. The molecule has 2 heteroatoms. The van der Waals surface area contributed by atoms with Crippen LogP contribution in [0.4, 0.5) is 0 Å². The zero-order chi connectivity index (χ0) is 11.4. The third-order valence-corrected chi connectivity index (χ3v) is 2.62. The number of nitrogens with zero attached hydrogens (tertiary/aromatic N) is 2. The summed E-state index contributed by atoms with van der Waals surface area (Å²) in [5.74, 6) is 0. The summed E-state index contributed by atoms with van der Waals surface area (Å²) < 4.78 is 0. The highest BCUT2D eigenvalue weighted by molar-refractivity contribution is 5.20. The first-order valence-electron chi connectivity index (χ1n) is 5.57. The van der Waals surface area contributed by atoms with Crippen molar-refractivity contribution in [3.05, 3.63) is 59.2 Å². The summed E-state index contributed by atoms with van der Waals surface area (Å²) in [4.78, 5) is 8.40. The van der Waals surface area contributed by atoms with E-state index in [4.69, 9.17) is 0 Å². The molecular formula is C14H16N2. The highest BCUT2D eigenvalue weighted by Crippen LogP contribution is 2.08. The van der Waals surface area contributed by atoms with E-state index in [0.29, 0.717) is 0 Å². The SMILES string of the molecule is Cc1cc(CCc2ccnc(C)c2)ccn1. The Morgan fingerprint density at radius 1 is 0.812 bits per heavy atom. The Hall–Kier alpha value is -1.70. The lowest BCUT2D eigenvalue weighted by Crippen LogP contribution is -1.94. The van der Waals surface area contributed by atoms with Gasteiger partial charge in [0.25, 0.3) is 0 Å². The molecule has 0 atom stereocenters. The van der Waals surface area contributed by atoms with E-state index in [9.17, 15) is 0 Å². The molecule has 16 heavy (non-hydrogen) atoms. The third kappa shape index (κ3) is 2.89. The highest BCUT2D eigenvalue weighted by atomic mass is 14.7. The van der Waals surface area contributed by atoms with Gasteiger partial charge in [-0.05, 0) is 62.1 Å². The Labute approximate surface area is 96.4 Å². The molecule has 0 unspecified atom stereocenters. The molecule has 0 aliphatic heterocycles. The van der Waals surface area contributed by atoms with Gasteiger partial charge < -0.3 is 0 Å². The Morgan fingerprint density at radius 3 is 1.62 bits per heavy atom. The van der Waals surface area contributed by atoms with E-state index >= 15 is 0 Å². The van der Waals surface area contributed by atoms with Gasteiger partial charge in [-0.1, -0.05) is 0 Å². The van der Waals surface area contributed by atoms with Crippen LogP contribution in [0.2, 0.25) is 0 Å². The smallest absolute Gasteiger partial charge is 0.0375 e. The summed E-state index contributed by atoms with van der Waals surface area (Å²) in [5, 5.41) is 0. The fraction of sp³-hybridized carbons (Fsp3) is 0.286. The van der Waals surface area contributed by atoms with Gasteiger partial charge in [0.1, 0.15) is 0 Å². The van der Waals surface area contributed by atoms with E-state index in [0.717, 1.165) is 24.2 Å². The minimum atomic E-state index is 1.06. The molecule has 2 rings (SSSR count). The van der Waals surface area contributed by atoms with Crippen LogP contribution in [-0.2, 0) is 12.8 Å². The lowest BCUT2D eigenvalue weighted by molar-refractivity contribution is 0.941. The summed E-state index contributed by atoms with van der Waals surface area (Å²) in [5.41, 5.74) is 4.87. The van der Waals surface area contributed by atoms with E-state index < -0.39 is 0 Å². The molecule has 2 aromatic heterocycles. The van der Waals surface area contributed by atoms with Crippen LogP contribution in [0.25, 0.3) is 0 Å². The fourth-order valence-corrected chi connectivity index (χ4v) is 1.81. The monoisotopic (exact) mass is 212 g/mol. The second kappa shape index (κ2) is 4.88. The van der Waals surface area contributed by atoms with Crippen LogP contribution in [0.3, 0.4) is 0 Å². The molecule has 0 amide bonds. The first kappa shape index (κ1) is 10.8. The van der Waals surface area contributed by atoms with Crippen LogP contribution in [0.15, 0.2) is 36.7 Å². The Kier molecular flexibility index (Phi) is 3.30. The number of aryl methyl sites for hydroxylation is 4. The summed E-state index contributed by atoms with van der Waals surface area (Å²) in [6.45, 7) is 4.06. The third-order valence-electron chi connectivity index (χ3n) is 2.62. The van der Waals surface area contributed by atoms with Crippen LogP contribution >= 0.6 is 0 Å². The molecule has 0 radical (unpaired) electrons. The molecule has 0 saturated carbocycles. The molecule has 2 heterocycles. The van der Waals surface area contributed by atoms with Crippen molar-refractivity contribution >= 4 is 0 Å². The topological polar surface area (TPSA) is 25.8 Å². The molecule has 2 nitrogen and oxygen atoms in total. The molecule has 0 aliphatic carbocycles. The largest absolute Gasteiger partial charge is 0.262 e. The Morgan fingerprint density at radius 2 is 1.25 bits per heavy atom. The van der Waals surface area contributed by atoms with Crippen LogP contribution in [0, 0.1) is 13.8 Å². The second-order valence-corrected chi connectivity index (χ2v) is 4.11. The first-order chi connectivity index (χ1) is 7.74. The maximum Gasteiger partial charge on any atom is 0.0375 e. The standard InChI is InChI=1S/C14H16N2/c1-11-9-13(5-7-15-11)3-4-14-6-8-16-12(2)10-14/h5-10H,3-4H2,1-2H3. The van der Waals surface area contributed by atoms with Crippen LogP contribution in [-0.4, -0.2) is 9.97 Å². The zero-order valence-corrected chi connectivity index (χ0v) is 9.77. The van der Waals surface area contributed by atoms with Crippen LogP contribution < -0.4 is 0 Å². The molecule has 0 aliphatic rings. The van der Waals surface area contributed by atoms with Crippen LogP contribution in [0.1, 0.15) is 22.5 Å². The molecule has 0 fully saturated rings. The van der Waals surface area contributed by atoms with E-state index in [1.807, 2.05) is 26.2 Å². The van der Waals surface area contributed by atoms with Crippen molar-refractivity contribution in [1.29, 1.82) is 0 Å². The maximum atomic E-state index is 4.20. The van der Waals surface area contributed by atoms with Crippen molar-refractivity contribution in [2.45, 2.75) is 26.7 Å². The van der Waals surface area contributed by atoms with Crippen molar-refractivity contribution in [2.24, 2.45) is 0 Å². The molecule has 0 bridgehead atoms. The van der Waals surface area contributed by atoms with Gasteiger partial charge >= 0.3 is 0 Å². The molecule has 0 aromatic carbocycles. The Balaban J connectivity index is 2.02. The summed E-state index contributed by atoms with van der Waals surface area (Å²) in [6.07, 6.45) is 5.88. The average molecular weight is 212 g/mol. The quantitative estimate of drug-likeness (QED) is 0.781. The van der Waals surface area contributed by atoms with Crippen LogP contribution in [0.5, 0.6) is 0 Å². The predicted molar refractivity (Wildman–Crippen MR) is 65.4 cm³/mol. The van der Waals surface area contributed by atoms with Gasteiger partial charge in [-0.3, -0.25) is 9.97 Å². The van der Waals surface area contributed by atoms with Crippen molar-refractivity contribution in [1.82, 2.24) is 9.97 Å². The van der Waals surface area contributed by atoms with E-state index in [1.54, 1.807) is 0 Å². The lowest BCUT2D eigenvalue weighted by Gasteiger charge is -2.03. The summed E-state index contributed by atoms with van der Waals surface area (Å²) in [6, 6.07) is 8.46. The molecule has 0 saturated heterocycles. The van der Waals surface area contributed by atoms with E-state index in [2.05, 4.69) is 34.2 Å².